The van der Waals surface area contributed by atoms with E-state index in [9.17, 15) is 9.59 Å². The van der Waals surface area contributed by atoms with Gasteiger partial charge in [0.15, 0.2) is 11.5 Å². The Labute approximate surface area is 259 Å². The van der Waals surface area contributed by atoms with E-state index in [1.165, 1.54) is 33.0 Å². The summed E-state index contributed by atoms with van der Waals surface area (Å²) >= 11 is 0. The first-order valence-electron chi connectivity index (χ1n) is 14.1. The molecule has 0 aliphatic carbocycles. The van der Waals surface area contributed by atoms with Gasteiger partial charge >= 0.3 is 5.97 Å². The van der Waals surface area contributed by atoms with Gasteiger partial charge in [0.05, 0.1) is 45.0 Å². The molecule has 0 radical (unpaired) electrons. The maximum Gasteiger partial charge on any atom is 0.355 e. The number of ether oxygens (including phenoxy) is 5. The van der Waals surface area contributed by atoms with E-state index in [1.54, 1.807) is 54.6 Å². The summed E-state index contributed by atoms with van der Waals surface area (Å²) in [7, 11) is 5.82. The Kier molecular flexibility index (Phi) is 8.07. The molecular formula is C36H30N2O7. The molecule has 0 amide bonds. The molecule has 0 N–H and O–H groups in total. The summed E-state index contributed by atoms with van der Waals surface area (Å²) in [6.07, 6.45) is 0. The molecule has 226 valence electrons. The zero-order chi connectivity index (χ0) is 31.5. The van der Waals surface area contributed by atoms with Crippen LogP contribution in [0.15, 0.2) is 102 Å². The Bertz CT molecular complexity index is 2080. The van der Waals surface area contributed by atoms with Crippen LogP contribution in [-0.4, -0.2) is 44.0 Å². The highest BCUT2D eigenvalue weighted by molar-refractivity contribution is 6.08. The molecule has 2 heterocycles. The first-order valence-corrected chi connectivity index (χ1v) is 14.1. The number of carbonyl (C=O) groups excluding carboxylic acids is 1. The number of fused-ring (bicyclic) bond motifs is 2. The van der Waals surface area contributed by atoms with Gasteiger partial charge in [-0.1, -0.05) is 42.5 Å². The second kappa shape index (κ2) is 12.4. The Morgan fingerprint density at radius 3 is 2.16 bits per heavy atom. The van der Waals surface area contributed by atoms with Crippen molar-refractivity contribution in [2.45, 2.75) is 6.61 Å². The highest BCUT2D eigenvalue weighted by Gasteiger charge is 2.27. The Morgan fingerprint density at radius 1 is 0.756 bits per heavy atom. The van der Waals surface area contributed by atoms with E-state index in [2.05, 4.69) is 4.98 Å². The van der Waals surface area contributed by atoms with Crippen molar-refractivity contribution in [3.8, 4) is 39.8 Å². The lowest BCUT2D eigenvalue weighted by molar-refractivity contribution is 0.0591. The molecule has 0 fully saturated rings. The molecule has 9 heteroatoms. The quantitative estimate of drug-likeness (QED) is 0.171. The van der Waals surface area contributed by atoms with Crippen LogP contribution in [0.1, 0.15) is 16.2 Å². The SMILES string of the molecule is COC(=O)c1c(-c2cc(OC)c(OC)c(OC)c2)c2ccc(OCc3ccc4ccccc4n3)cc2c(=O)n1-c1ccccc1. The minimum Gasteiger partial charge on any atom is -0.493 e. The van der Waals surface area contributed by atoms with Crippen LogP contribution in [0, 0.1) is 0 Å². The molecule has 0 bridgehead atoms. The fourth-order valence-electron chi connectivity index (χ4n) is 5.45. The average Bonchev–Trinajstić information content (AvgIpc) is 3.09. The third kappa shape index (κ3) is 5.40. The van der Waals surface area contributed by atoms with Crippen LogP contribution >= 0.6 is 0 Å². The molecule has 6 rings (SSSR count). The molecule has 0 unspecified atom stereocenters. The van der Waals surface area contributed by atoms with E-state index in [4.69, 9.17) is 23.7 Å². The van der Waals surface area contributed by atoms with E-state index < -0.39 is 11.5 Å². The van der Waals surface area contributed by atoms with Crippen LogP contribution in [0.3, 0.4) is 0 Å². The van der Waals surface area contributed by atoms with Crippen LogP contribution in [0.25, 0.3) is 38.5 Å². The minimum atomic E-state index is -0.690. The Morgan fingerprint density at radius 2 is 1.47 bits per heavy atom. The fourth-order valence-corrected chi connectivity index (χ4v) is 5.45. The second-order valence-corrected chi connectivity index (χ2v) is 10.1. The van der Waals surface area contributed by atoms with Crippen LogP contribution in [0.2, 0.25) is 0 Å². The van der Waals surface area contributed by atoms with Gasteiger partial charge in [-0.2, -0.15) is 0 Å². The van der Waals surface area contributed by atoms with Crippen LogP contribution in [0.5, 0.6) is 23.0 Å². The standard InChI is InChI=1S/C36H30N2O7/c1-41-30-18-23(19-31(42-2)34(30)43-3)32-27-17-16-26(45-21-24-15-14-22-10-8-9-13-29(22)37-24)20-28(27)35(39)38(33(32)36(40)44-4)25-11-6-5-7-12-25/h5-20H,21H2,1-4H3. The van der Waals surface area contributed by atoms with Crippen LogP contribution < -0.4 is 24.5 Å². The van der Waals surface area contributed by atoms with E-state index >= 15 is 0 Å². The zero-order valence-corrected chi connectivity index (χ0v) is 25.2. The molecule has 0 saturated heterocycles. The number of rotatable bonds is 9. The molecule has 0 saturated carbocycles. The monoisotopic (exact) mass is 602 g/mol. The van der Waals surface area contributed by atoms with E-state index in [0.29, 0.717) is 50.6 Å². The maximum absolute atomic E-state index is 14.3. The van der Waals surface area contributed by atoms with Crippen molar-refractivity contribution >= 4 is 27.6 Å². The first-order chi connectivity index (χ1) is 22.0. The number of aromatic nitrogens is 2. The highest BCUT2D eigenvalue weighted by atomic mass is 16.5. The smallest absolute Gasteiger partial charge is 0.355 e. The average molecular weight is 603 g/mol. The molecular weight excluding hydrogens is 572 g/mol. The predicted octanol–water partition coefficient (Wildman–Crippen LogP) is 6.60. The summed E-state index contributed by atoms with van der Waals surface area (Å²) in [5.41, 5.74) is 2.73. The van der Waals surface area contributed by atoms with E-state index in [0.717, 1.165) is 16.6 Å². The highest BCUT2D eigenvalue weighted by Crippen LogP contribution is 2.44. The normalized spacial score (nSPS) is 10.9. The lowest BCUT2D eigenvalue weighted by atomic mass is 9.95. The first kappa shape index (κ1) is 29.3. The van der Waals surface area contributed by atoms with Crippen molar-refractivity contribution in [1.29, 1.82) is 0 Å². The van der Waals surface area contributed by atoms with E-state index in [-0.39, 0.29) is 12.3 Å². The van der Waals surface area contributed by atoms with Gasteiger partial charge in [0.1, 0.15) is 18.1 Å². The zero-order valence-electron chi connectivity index (χ0n) is 25.2. The summed E-state index contributed by atoms with van der Waals surface area (Å²) < 4.78 is 29.5. The van der Waals surface area contributed by atoms with Crippen LogP contribution in [-0.2, 0) is 11.3 Å². The number of para-hydroxylation sites is 2. The Balaban J connectivity index is 1.58. The molecule has 6 aromatic rings. The Hall–Kier alpha value is -5.83. The second-order valence-electron chi connectivity index (χ2n) is 10.1. The number of nitrogens with zero attached hydrogens (tertiary/aromatic N) is 2. The summed E-state index contributed by atoms with van der Waals surface area (Å²) in [6.45, 7) is 0.198. The third-order valence-corrected chi connectivity index (χ3v) is 7.54. The summed E-state index contributed by atoms with van der Waals surface area (Å²) in [6, 6.07) is 29.4. The van der Waals surface area contributed by atoms with Crippen molar-refractivity contribution < 1.29 is 28.5 Å². The molecule has 45 heavy (non-hydrogen) atoms. The molecule has 9 nitrogen and oxygen atoms in total. The lowest BCUT2D eigenvalue weighted by Crippen LogP contribution is -2.27. The third-order valence-electron chi connectivity index (χ3n) is 7.54. The van der Waals surface area contributed by atoms with Crippen molar-refractivity contribution in [1.82, 2.24) is 9.55 Å². The van der Waals surface area contributed by atoms with E-state index in [1.807, 2.05) is 42.5 Å². The number of carbonyl (C=O) groups is 1. The number of hydrogen-bond donors (Lipinski definition) is 0. The number of methoxy groups -OCH3 is 4. The van der Waals surface area contributed by atoms with Gasteiger partial charge in [-0.3, -0.25) is 9.36 Å². The van der Waals surface area contributed by atoms with Gasteiger partial charge < -0.3 is 23.7 Å². The van der Waals surface area contributed by atoms with Crippen molar-refractivity contribution in [2.75, 3.05) is 28.4 Å². The molecule has 0 atom stereocenters. The summed E-state index contributed by atoms with van der Waals surface area (Å²) in [4.78, 5) is 32.5. The summed E-state index contributed by atoms with van der Waals surface area (Å²) in [5, 5.41) is 1.88. The fraction of sp³-hybridized carbons (Fsp3) is 0.139. The summed E-state index contributed by atoms with van der Waals surface area (Å²) in [5.74, 6) is 0.939. The van der Waals surface area contributed by atoms with Gasteiger partial charge in [0.25, 0.3) is 5.56 Å². The van der Waals surface area contributed by atoms with Gasteiger partial charge in [0.2, 0.25) is 5.75 Å². The number of pyridine rings is 2. The topological polar surface area (TPSA) is 98.1 Å². The lowest BCUT2D eigenvalue weighted by Gasteiger charge is -2.21. The molecule has 0 aliphatic rings. The largest absolute Gasteiger partial charge is 0.493 e. The molecule has 2 aromatic heterocycles. The van der Waals surface area contributed by atoms with Crippen molar-refractivity contribution in [3.63, 3.8) is 0 Å². The number of benzene rings is 4. The van der Waals surface area contributed by atoms with Gasteiger partial charge in [-0.15, -0.1) is 0 Å². The number of hydrogen-bond acceptors (Lipinski definition) is 8. The maximum atomic E-state index is 14.3. The van der Waals surface area contributed by atoms with Crippen molar-refractivity contribution in [3.05, 3.63) is 119 Å². The van der Waals surface area contributed by atoms with Gasteiger partial charge in [0, 0.05) is 16.6 Å². The number of esters is 1. The minimum absolute atomic E-state index is 0.0458. The van der Waals surface area contributed by atoms with Gasteiger partial charge in [-0.05, 0) is 65.5 Å². The van der Waals surface area contributed by atoms with Crippen LogP contribution in [0.4, 0.5) is 0 Å². The van der Waals surface area contributed by atoms with Gasteiger partial charge in [-0.25, -0.2) is 9.78 Å². The molecule has 0 spiro atoms. The van der Waals surface area contributed by atoms with Crippen molar-refractivity contribution in [2.24, 2.45) is 0 Å². The molecule has 0 aliphatic heterocycles. The molecule has 4 aromatic carbocycles. The predicted molar refractivity (Wildman–Crippen MR) is 172 cm³/mol.